The number of nitriles is 1. The Hall–Kier alpha value is -3.66. The summed E-state index contributed by atoms with van der Waals surface area (Å²) in [5, 5.41) is 11.9. The minimum absolute atomic E-state index is 0.435. The number of anilines is 1. The zero-order valence-corrected chi connectivity index (χ0v) is 16.2. The number of hydrogen-bond acceptors (Lipinski definition) is 6. The van der Waals surface area contributed by atoms with Gasteiger partial charge in [-0.05, 0) is 47.9 Å². The summed E-state index contributed by atoms with van der Waals surface area (Å²) in [6.45, 7) is 2.37. The molecule has 0 saturated heterocycles. The zero-order valence-electron chi connectivity index (χ0n) is 16.2. The second-order valence-electron chi connectivity index (χ2n) is 5.52. The van der Waals surface area contributed by atoms with Crippen LogP contribution in [0.3, 0.4) is 0 Å². The predicted molar refractivity (Wildman–Crippen MR) is 106 cm³/mol. The molecule has 0 aliphatic heterocycles. The first kappa shape index (κ1) is 20.6. The van der Waals surface area contributed by atoms with Crippen LogP contribution >= 0.6 is 0 Å². The molecule has 146 valence electrons. The van der Waals surface area contributed by atoms with E-state index in [1.54, 1.807) is 31.4 Å². The number of nitrogens with zero attached hydrogens (tertiary/aromatic N) is 1. The van der Waals surface area contributed by atoms with Crippen LogP contribution in [0.1, 0.15) is 18.1 Å². The highest BCUT2D eigenvalue weighted by atomic mass is 16.5. The number of allylic oxidation sites excluding steroid dienone is 1. The molecule has 2 aromatic rings. The molecule has 0 aromatic heterocycles. The van der Waals surface area contributed by atoms with Crippen LogP contribution in [0.25, 0.3) is 5.57 Å². The van der Waals surface area contributed by atoms with E-state index in [9.17, 15) is 10.1 Å². The van der Waals surface area contributed by atoms with Gasteiger partial charge in [0.25, 0.3) is 0 Å². The highest BCUT2D eigenvalue weighted by molar-refractivity contribution is 5.89. The van der Waals surface area contributed by atoms with Crippen molar-refractivity contribution in [2.45, 2.75) is 6.92 Å². The molecular formula is C21H22N2O5. The van der Waals surface area contributed by atoms with Crippen molar-refractivity contribution in [3.63, 3.8) is 0 Å². The molecule has 2 rings (SSSR count). The maximum Gasteiger partial charge on any atom is 0.411 e. The molecule has 2 aromatic carbocycles. The Bertz CT molecular complexity index is 915. The van der Waals surface area contributed by atoms with Crippen LogP contribution in [0.4, 0.5) is 10.5 Å². The summed E-state index contributed by atoms with van der Waals surface area (Å²) in [5.41, 5.74) is 2.65. The monoisotopic (exact) mass is 382 g/mol. The molecule has 0 bridgehead atoms. The zero-order chi connectivity index (χ0) is 20.5. The molecule has 7 nitrogen and oxygen atoms in total. The Morgan fingerprint density at radius 1 is 1.04 bits per heavy atom. The average Bonchev–Trinajstić information content (AvgIpc) is 2.72. The van der Waals surface area contributed by atoms with E-state index in [2.05, 4.69) is 16.1 Å². The van der Waals surface area contributed by atoms with Crippen molar-refractivity contribution >= 4 is 17.4 Å². The normalized spacial score (nSPS) is 10.6. The molecule has 28 heavy (non-hydrogen) atoms. The van der Waals surface area contributed by atoms with Crippen molar-refractivity contribution < 1.29 is 23.7 Å². The second-order valence-corrected chi connectivity index (χ2v) is 5.52. The molecule has 0 aliphatic rings. The van der Waals surface area contributed by atoms with Crippen LogP contribution in [-0.2, 0) is 4.74 Å². The van der Waals surface area contributed by atoms with Crippen molar-refractivity contribution in [2.24, 2.45) is 0 Å². The van der Waals surface area contributed by atoms with Gasteiger partial charge in [0.2, 0.25) is 0 Å². The molecule has 1 amide bonds. The maximum absolute atomic E-state index is 11.5. The van der Waals surface area contributed by atoms with E-state index in [1.165, 1.54) is 20.3 Å². The highest BCUT2D eigenvalue weighted by Gasteiger charge is 2.14. The molecule has 0 saturated carbocycles. The molecule has 0 unspecified atom stereocenters. The van der Waals surface area contributed by atoms with Gasteiger partial charge in [0.1, 0.15) is 5.75 Å². The topological polar surface area (TPSA) is 89.8 Å². The molecular weight excluding hydrogens is 360 g/mol. The minimum Gasteiger partial charge on any atom is -0.495 e. The van der Waals surface area contributed by atoms with E-state index in [0.29, 0.717) is 35.1 Å². The fraction of sp³-hybridized carbons (Fsp3) is 0.238. The van der Waals surface area contributed by atoms with Gasteiger partial charge in [-0.15, -0.1) is 0 Å². The van der Waals surface area contributed by atoms with Gasteiger partial charge in [-0.2, -0.15) is 5.26 Å². The first-order chi connectivity index (χ1) is 13.6. The summed E-state index contributed by atoms with van der Waals surface area (Å²) in [7, 11) is 4.35. The molecule has 0 atom stereocenters. The summed E-state index contributed by atoms with van der Waals surface area (Å²) in [5.74, 6) is 1.63. The summed E-state index contributed by atoms with van der Waals surface area (Å²) >= 11 is 0. The molecule has 0 aliphatic carbocycles. The smallest absolute Gasteiger partial charge is 0.411 e. The predicted octanol–water partition coefficient (Wildman–Crippen LogP) is 4.24. The van der Waals surface area contributed by atoms with Gasteiger partial charge in [-0.1, -0.05) is 12.1 Å². The van der Waals surface area contributed by atoms with E-state index in [0.717, 1.165) is 11.1 Å². The van der Waals surface area contributed by atoms with Crippen LogP contribution in [0.15, 0.2) is 42.5 Å². The first-order valence-electron chi connectivity index (χ1n) is 8.52. The molecule has 0 fully saturated rings. The third-order valence-electron chi connectivity index (χ3n) is 3.92. The van der Waals surface area contributed by atoms with Crippen LogP contribution in [-0.4, -0.2) is 34.0 Å². The number of carbonyl (C=O) groups is 1. The van der Waals surface area contributed by atoms with Crippen LogP contribution < -0.4 is 19.5 Å². The van der Waals surface area contributed by atoms with Crippen LogP contribution in [0.2, 0.25) is 0 Å². The van der Waals surface area contributed by atoms with E-state index in [4.69, 9.17) is 14.2 Å². The summed E-state index contributed by atoms with van der Waals surface area (Å²) in [6.07, 6.45) is 0.843. The van der Waals surface area contributed by atoms with E-state index < -0.39 is 6.09 Å². The fourth-order valence-corrected chi connectivity index (χ4v) is 2.63. The lowest BCUT2D eigenvalue weighted by Gasteiger charge is -2.15. The van der Waals surface area contributed by atoms with E-state index in [1.807, 2.05) is 19.1 Å². The number of rotatable bonds is 7. The summed E-state index contributed by atoms with van der Waals surface area (Å²) < 4.78 is 20.9. The number of ether oxygens (including phenoxy) is 4. The second kappa shape index (κ2) is 9.88. The molecule has 0 spiro atoms. The van der Waals surface area contributed by atoms with Crippen LogP contribution in [0, 0.1) is 11.3 Å². The fourth-order valence-electron chi connectivity index (χ4n) is 2.63. The summed E-state index contributed by atoms with van der Waals surface area (Å²) in [4.78, 5) is 11.5. The lowest BCUT2D eigenvalue weighted by atomic mass is 9.96. The number of amides is 1. The summed E-state index contributed by atoms with van der Waals surface area (Å²) in [6, 6.07) is 12.7. The van der Waals surface area contributed by atoms with E-state index in [-0.39, 0.29) is 0 Å². The molecule has 7 heteroatoms. The minimum atomic E-state index is -0.602. The van der Waals surface area contributed by atoms with E-state index >= 15 is 0 Å². The number of methoxy groups -OCH3 is 3. The van der Waals surface area contributed by atoms with Crippen molar-refractivity contribution in [2.75, 3.05) is 33.3 Å². The Labute approximate surface area is 164 Å². The van der Waals surface area contributed by atoms with Gasteiger partial charge >= 0.3 is 6.09 Å². The van der Waals surface area contributed by atoms with Crippen LogP contribution in [0.5, 0.6) is 17.2 Å². The number of carbonyl (C=O) groups excluding carboxylic acids is 1. The van der Waals surface area contributed by atoms with Gasteiger partial charge in [0.15, 0.2) is 11.5 Å². The number of hydrogen-bond donors (Lipinski definition) is 1. The number of benzene rings is 2. The lowest BCUT2D eigenvalue weighted by molar-refractivity contribution is 0.187. The van der Waals surface area contributed by atoms with Gasteiger partial charge in [-0.25, -0.2) is 4.79 Å². The van der Waals surface area contributed by atoms with Crippen molar-refractivity contribution in [3.8, 4) is 23.3 Å². The lowest BCUT2D eigenvalue weighted by Crippen LogP contribution is -2.11. The highest BCUT2D eigenvalue weighted by Crippen LogP contribution is 2.35. The Balaban J connectivity index is 2.50. The third kappa shape index (κ3) is 4.74. The van der Waals surface area contributed by atoms with Gasteiger partial charge < -0.3 is 18.9 Å². The van der Waals surface area contributed by atoms with Gasteiger partial charge in [-0.3, -0.25) is 5.32 Å². The first-order valence-corrected chi connectivity index (χ1v) is 8.52. The third-order valence-corrected chi connectivity index (χ3v) is 3.92. The van der Waals surface area contributed by atoms with Crippen molar-refractivity contribution in [3.05, 3.63) is 53.6 Å². The SMILES string of the molecule is CCOc1cc(/C(=C\C#N)c2ccc(NC(=O)OC)c(OC)c2)ccc1OC. The number of nitrogens with one attached hydrogen (secondary N) is 1. The Morgan fingerprint density at radius 3 is 2.25 bits per heavy atom. The van der Waals surface area contributed by atoms with Crippen molar-refractivity contribution in [1.29, 1.82) is 5.26 Å². The standard InChI is InChI=1S/C21H22N2O5/c1-5-28-20-13-15(7-9-18(20)25-2)16(10-11-22)14-6-8-17(19(12-14)26-3)23-21(24)27-4/h6-10,12-13H,5H2,1-4H3,(H,23,24)/b16-10-. The maximum atomic E-state index is 11.5. The van der Waals surface area contributed by atoms with Gasteiger partial charge in [0.05, 0.1) is 39.7 Å². The van der Waals surface area contributed by atoms with Crippen molar-refractivity contribution in [1.82, 2.24) is 0 Å². The molecule has 0 radical (unpaired) electrons. The Morgan fingerprint density at radius 2 is 1.68 bits per heavy atom. The largest absolute Gasteiger partial charge is 0.495 e. The van der Waals surface area contributed by atoms with Gasteiger partial charge in [0, 0.05) is 6.08 Å². The quantitative estimate of drug-likeness (QED) is 0.721. The molecule has 0 heterocycles. The average molecular weight is 382 g/mol. The Kier molecular flexibility index (Phi) is 7.28. The molecule has 1 N–H and O–H groups in total.